The number of fused-ring (bicyclic) bond motifs is 4. The van der Waals surface area contributed by atoms with E-state index in [1.54, 1.807) is 0 Å². The van der Waals surface area contributed by atoms with Gasteiger partial charge in [0, 0.05) is 33.5 Å². The fourth-order valence-electron chi connectivity index (χ4n) is 11.9. The lowest BCUT2D eigenvalue weighted by Crippen LogP contribution is -2.10. The van der Waals surface area contributed by atoms with Crippen molar-refractivity contribution < 1.29 is 0 Å². The van der Waals surface area contributed by atoms with Crippen LogP contribution in [0.15, 0.2) is 231 Å². The summed E-state index contributed by atoms with van der Waals surface area (Å²) in [5.41, 5.74) is 16.5. The SMILES string of the molecule is Cc1ccc(/C=C/c2ccc(N(c3ccc(C)cc3)c3ccc4c5ccc6c7ccc(N(c8ccc(C)cc8)c8ccc(/C=C/c9ccc(C)cc9)cc8)c8cccc(c9ccc(c%10cccc3c%104)c5c96)c87)cc2)cc1. The van der Waals surface area contributed by atoms with E-state index in [4.69, 9.17) is 0 Å². The molecule has 76 heavy (non-hydrogen) atoms. The van der Waals surface area contributed by atoms with Gasteiger partial charge >= 0.3 is 0 Å². The maximum absolute atomic E-state index is 2.43. The number of nitrogens with zero attached hydrogens (tertiary/aromatic N) is 2. The maximum Gasteiger partial charge on any atom is 0.0540 e. The average Bonchev–Trinajstić information content (AvgIpc) is 3.65. The van der Waals surface area contributed by atoms with Crippen LogP contribution in [-0.2, 0) is 0 Å². The monoisotopic (exact) mass is 970 g/mol. The van der Waals surface area contributed by atoms with Gasteiger partial charge in [0.25, 0.3) is 0 Å². The van der Waals surface area contributed by atoms with Crippen LogP contribution in [0.1, 0.15) is 44.5 Å². The van der Waals surface area contributed by atoms with Gasteiger partial charge in [0.2, 0.25) is 0 Å². The minimum Gasteiger partial charge on any atom is -0.310 e. The van der Waals surface area contributed by atoms with Crippen LogP contribution in [0, 0.1) is 27.7 Å². The molecule has 0 unspecified atom stereocenters. The summed E-state index contributed by atoms with van der Waals surface area (Å²) in [4.78, 5) is 4.86. The second kappa shape index (κ2) is 18.2. The van der Waals surface area contributed by atoms with Gasteiger partial charge in [-0.15, -0.1) is 0 Å². The molecule has 0 fully saturated rings. The summed E-state index contributed by atoms with van der Waals surface area (Å²) >= 11 is 0. The highest BCUT2D eigenvalue weighted by atomic mass is 15.1. The topological polar surface area (TPSA) is 6.48 Å². The van der Waals surface area contributed by atoms with Crippen LogP contribution in [0.25, 0.3) is 99.7 Å². The predicted octanol–water partition coefficient (Wildman–Crippen LogP) is 21.1. The number of hydrogen-bond donors (Lipinski definition) is 0. The first-order valence-electron chi connectivity index (χ1n) is 26.5. The molecule has 0 atom stereocenters. The standard InChI is InChI=1S/C74H54N2/c1-47-11-19-51(20-12-47)23-25-53-27-35-57(36-28-53)75(55-31-15-49(3)16-32-55)69-45-43-61-65-41-42-66-62-44-46-70(68-10-6-8-60(72(62)68)64-40-39-63(73(65)74(64)66)59-7-5-9-67(69)71(59)61)76(56-33-17-50(4)18-34-56)58-37-29-54(30-38-58)26-24-52-21-13-48(2)14-22-52/h5-46H,1-4H3/b25-23+,26-24+. The summed E-state index contributed by atoms with van der Waals surface area (Å²) in [5, 5.41) is 17.9. The molecule has 0 spiro atoms. The van der Waals surface area contributed by atoms with Crippen molar-refractivity contribution >= 4 is 134 Å². The van der Waals surface area contributed by atoms with Crippen LogP contribution >= 0.6 is 0 Å². The molecule has 0 amide bonds. The van der Waals surface area contributed by atoms with Gasteiger partial charge in [-0.1, -0.05) is 216 Å². The third kappa shape index (κ3) is 7.64. The van der Waals surface area contributed by atoms with Crippen molar-refractivity contribution in [2.24, 2.45) is 0 Å². The summed E-state index contributed by atoms with van der Waals surface area (Å²) in [5.74, 6) is 0. The summed E-state index contributed by atoms with van der Waals surface area (Å²) < 4.78 is 0. The highest BCUT2D eigenvalue weighted by Crippen LogP contribution is 2.51. The third-order valence-electron chi connectivity index (χ3n) is 15.8. The van der Waals surface area contributed by atoms with Gasteiger partial charge in [-0.25, -0.2) is 0 Å². The van der Waals surface area contributed by atoms with Gasteiger partial charge in [-0.2, -0.15) is 0 Å². The molecule has 14 rings (SSSR count). The van der Waals surface area contributed by atoms with E-state index >= 15 is 0 Å². The fourth-order valence-corrected chi connectivity index (χ4v) is 11.9. The number of rotatable bonds is 10. The quantitative estimate of drug-likeness (QED) is 0.0765. The first-order valence-corrected chi connectivity index (χ1v) is 26.5. The van der Waals surface area contributed by atoms with E-state index in [2.05, 4.69) is 292 Å². The van der Waals surface area contributed by atoms with E-state index in [1.807, 2.05) is 0 Å². The minimum absolute atomic E-state index is 1.12. The van der Waals surface area contributed by atoms with Crippen molar-refractivity contribution in [1.82, 2.24) is 0 Å². The molecule has 2 heteroatoms. The van der Waals surface area contributed by atoms with Crippen LogP contribution < -0.4 is 9.80 Å². The second-order valence-corrected chi connectivity index (χ2v) is 20.8. The lowest BCUT2D eigenvalue weighted by molar-refractivity contribution is 1.29. The summed E-state index contributed by atoms with van der Waals surface area (Å²) in [6.07, 6.45) is 8.78. The second-order valence-electron chi connectivity index (χ2n) is 20.8. The fraction of sp³-hybridized carbons (Fsp3) is 0.0541. The molecule has 14 aromatic rings. The Morgan fingerprint density at radius 1 is 0.211 bits per heavy atom. The highest BCUT2D eigenvalue weighted by molar-refractivity contribution is 6.43. The Morgan fingerprint density at radius 3 is 0.750 bits per heavy atom. The first kappa shape index (κ1) is 45.1. The third-order valence-corrected chi connectivity index (χ3v) is 15.8. The molecule has 0 aliphatic heterocycles. The Bertz CT molecular complexity index is 4180. The van der Waals surface area contributed by atoms with Gasteiger partial charge in [-0.05, 0) is 175 Å². The van der Waals surface area contributed by atoms with Gasteiger partial charge in [0.05, 0.1) is 11.4 Å². The molecule has 0 aliphatic carbocycles. The molecule has 0 N–H and O–H groups in total. The summed E-state index contributed by atoms with van der Waals surface area (Å²) in [6, 6.07) is 86.0. The molecule has 2 nitrogen and oxygen atoms in total. The maximum atomic E-state index is 2.43. The highest BCUT2D eigenvalue weighted by Gasteiger charge is 2.24. The van der Waals surface area contributed by atoms with E-state index in [-0.39, 0.29) is 0 Å². The number of benzene rings is 14. The number of anilines is 6. The van der Waals surface area contributed by atoms with Crippen molar-refractivity contribution in [3.05, 3.63) is 275 Å². The number of hydrogen-bond acceptors (Lipinski definition) is 2. The van der Waals surface area contributed by atoms with E-state index in [0.717, 1.165) is 45.3 Å². The summed E-state index contributed by atoms with van der Waals surface area (Å²) in [7, 11) is 0. The Hall–Kier alpha value is -9.50. The van der Waals surface area contributed by atoms with Crippen LogP contribution in [0.5, 0.6) is 0 Å². The van der Waals surface area contributed by atoms with Gasteiger partial charge in [0.1, 0.15) is 0 Å². The van der Waals surface area contributed by atoms with Gasteiger partial charge < -0.3 is 9.80 Å². The van der Waals surface area contributed by atoms with E-state index in [0.29, 0.717) is 0 Å². The molecule has 0 aromatic heterocycles. The van der Waals surface area contributed by atoms with Crippen LogP contribution in [-0.4, -0.2) is 0 Å². The molecule has 0 radical (unpaired) electrons. The van der Waals surface area contributed by atoms with Crippen molar-refractivity contribution in [3.63, 3.8) is 0 Å². The predicted molar refractivity (Wildman–Crippen MR) is 330 cm³/mol. The van der Waals surface area contributed by atoms with Gasteiger partial charge in [0.15, 0.2) is 0 Å². The Labute approximate surface area is 444 Å². The first-order chi connectivity index (χ1) is 37.3. The Kier molecular flexibility index (Phi) is 10.8. The Morgan fingerprint density at radius 2 is 0.434 bits per heavy atom. The Balaban J connectivity index is 0.908. The average molecular weight is 971 g/mol. The minimum atomic E-state index is 1.12. The zero-order valence-corrected chi connectivity index (χ0v) is 43.1. The zero-order chi connectivity index (χ0) is 51.0. The molecule has 0 saturated carbocycles. The molecule has 0 aliphatic rings. The molecule has 0 bridgehead atoms. The van der Waals surface area contributed by atoms with Crippen LogP contribution in [0.3, 0.4) is 0 Å². The molecular formula is C74H54N2. The zero-order valence-electron chi connectivity index (χ0n) is 43.1. The van der Waals surface area contributed by atoms with Gasteiger partial charge in [-0.3, -0.25) is 0 Å². The smallest absolute Gasteiger partial charge is 0.0540 e. The molecular weight excluding hydrogens is 917 g/mol. The van der Waals surface area contributed by atoms with E-state index in [1.165, 1.54) is 109 Å². The van der Waals surface area contributed by atoms with Crippen molar-refractivity contribution in [1.29, 1.82) is 0 Å². The van der Waals surface area contributed by atoms with Crippen molar-refractivity contribution in [3.8, 4) is 0 Å². The molecule has 0 saturated heterocycles. The van der Waals surface area contributed by atoms with Crippen LogP contribution in [0.2, 0.25) is 0 Å². The lowest BCUT2D eigenvalue weighted by Gasteiger charge is -2.29. The largest absolute Gasteiger partial charge is 0.310 e. The van der Waals surface area contributed by atoms with Crippen molar-refractivity contribution in [2.45, 2.75) is 27.7 Å². The van der Waals surface area contributed by atoms with E-state index in [9.17, 15) is 0 Å². The lowest BCUT2D eigenvalue weighted by atomic mass is 9.83. The van der Waals surface area contributed by atoms with Crippen molar-refractivity contribution in [2.75, 3.05) is 9.80 Å². The van der Waals surface area contributed by atoms with Crippen LogP contribution in [0.4, 0.5) is 34.1 Å². The summed E-state index contributed by atoms with van der Waals surface area (Å²) in [6.45, 7) is 8.57. The number of aryl methyl sites for hydroxylation is 4. The molecule has 0 heterocycles. The normalized spacial score (nSPS) is 12.1. The molecule has 360 valence electrons. The van der Waals surface area contributed by atoms with E-state index < -0.39 is 0 Å². The molecule has 14 aromatic carbocycles.